The van der Waals surface area contributed by atoms with E-state index in [2.05, 4.69) is 5.32 Å². The number of hydrogen-bond donors (Lipinski definition) is 2. The summed E-state index contributed by atoms with van der Waals surface area (Å²) in [6.45, 7) is 5.29. The number of carbonyl (C=O) groups is 2. The maximum Gasteiger partial charge on any atom is 0.335 e. The second-order valence-electron chi connectivity index (χ2n) is 6.72. The maximum absolute atomic E-state index is 12.7. The van der Waals surface area contributed by atoms with Gasteiger partial charge < -0.3 is 20.4 Å². The van der Waals surface area contributed by atoms with E-state index < -0.39 is 11.9 Å². The second kappa shape index (κ2) is 8.05. The maximum atomic E-state index is 12.7. The molecule has 2 N–H and O–H groups in total. The number of carboxylic acid groups (broad SMARTS) is 1. The van der Waals surface area contributed by atoms with Crippen LogP contribution in [-0.4, -0.2) is 27.7 Å². The van der Waals surface area contributed by atoms with Gasteiger partial charge >= 0.3 is 5.97 Å². The molecule has 0 radical (unpaired) electrons. The number of aromatic nitrogens is 2. The number of carbonyl (C=O) groups excluding carboxylic acids is 1. The zero-order valence-electron chi connectivity index (χ0n) is 16.2. The summed E-state index contributed by atoms with van der Waals surface area (Å²) < 4.78 is 7.68. The lowest BCUT2D eigenvalue weighted by Crippen LogP contribution is -2.34. The SMILES string of the molecule is Cc1c(C(=O)Nc2ccccc2)[n+]([O-])cn1-c1cc(C(=O)O)ccc1OC(C)C. The number of para-hydroxylation sites is 1. The van der Waals surface area contributed by atoms with E-state index in [1.54, 1.807) is 31.2 Å². The fourth-order valence-electron chi connectivity index (χ4n) is 2.93. The van der Waals surface area contributed by atoms with Gasteiger partial charge in [0.1, 0.15) is 0 Å². The Balaban J connectivity index is 2.06. The molecule has 2 aromatic carbocycles. The molecule has 0 bridgehead atoms. The molecule has 1 heterocycles. The van der Waals surface area contributed by atoms with Crippen molar-refractivity contribution in [1.82, 2.24) is 4.57 Å². The van der Waals surface area contributed by atoms with Crippen molar-refractivity contribution in [2.75, 3.05) is 5.32 Å². The molecule has 0 unspecified atom stereocenters. The molecule has 0 spiro atoms. The van der Waals surface area contributed by atoms with Gasteiger partial charge in [0.05, 0.1) is 11.7 Å². The molecular formula is C21H21N3O5. The quantitative estimate of drug-likeness (QED) is 0.492. The van der Waals surface area contributed by atoms with Crippen LogP contribution in [0.3, 0.4) is 0 Å². The largest absolute Gasteiger partial charge is 0.710 e. The minimum absolute atomic E-state index is 0.0388. The first-order chi connectivity index (χ1) is 13.8. The summed E-state index contributed by atoms with van der Waals surface area (Å²) in [5.74, 6) is -1.27. The zero-order chi connectivity index (χ0) is 21.1. The summed E-state index contributed by atoms with van der Waals surface area (Å²) >= 11 is 0. The first-order valence-corrected chi connectivity index (χ1v) is 8.99. The van der Waals surface area contributed by atoms with Crippen LogP contribution in [0.1, 0.15) is 40.4 Å². The van der Waals surface area contributed by atoms with E-state index in [4.69, 9.17) is 4.74 Å². The molecule has 29 heavy (non-hydrogen) atoms. The van der Waals surface area contributed by atoms with Crippen molar-refractivity contribution in [3.8, 4) is 11.4 Å². The van der Waals surface area contributed by atoms with E-state index >= 15 is 0 Å². The fraction of sp³-hybridized carbons (Fsp3) is 0.190. The Morgan fingerprint density at radius 1 is 1.17 bits per heavy atom. The topological polar surface area (TPSA) is 108 Å². The molecule has 0 saturated heterocycles. The van der Waals surface area contributed by atoms with Crippen molar-refractivity contribution in [2.24, 2.45) is 0 Å². The molecule has 0 atom stereocenters. The predicted octanol–water partition coefficient (Wildman–Crippen LogP) is 3.16. The van der Waals surface area contributed by atoms with Crippen molar-refractivity contribution in [2.45, 2.75) is 26.9 Å². The lowest BCUT2D eigenvalue weighted by atomic mass is 10.1. The molecule has 0 aliphatic rings. The number of benzene rings is 2. The monoisotopic (exact) mass is 395 g/mol. The van der Waals surface area contributed by atoms with Crippen LogP contribution in [0, 0.1) is 12.1 Å². The van der Waals surface area contributed by atoms with Crippen LogP contribution in [0.4, 0.5) is 5.69 Å². The van der Waals surface area contributed by atoms with Crippen molar-refractivity contribution in [3.63, 3.8) is 0 Å². The van der Waals surface area contributed by atoms with Crippen LogP contribution in [0.15, 0.2) is 54.9 Å². The lowest BCUT2D eigenvalue weighted by molar-refractivity contribution is -0.606. The number of rotatable bonds is 6. The second-order valence-corrected chi connectivity index (χ2v) is 6.72. The summed E-state index contributed by atoms with van der Waals surface area (Å²) in [4.78, 5) is 24.1. The normalized spacial score (nSPS) is 10.8. The Labute approximate surface area is 167 Å². The number of anilines is 1. The molecule has 0 fully saturated rings. The first-order valence-electron chi connectivity index (χ1n) is 8.99. The molecule has 3 rings (SSSR count). The van der Waals surface area contributed by atoms with Crippen LogP contribution >= 0.6 is 0 Å². The van der Waals surface area contributed by atoms with Gasteiger partial charge in [-0.1, -0.05) is 18.2 Å². The highest BCUT2D eigenvalue weighted by Gasteiger charge is 2.27. The Kier molecular flexibility index (Phi) is 5.54. The lowest BCUT2D eigenvalue weighted by Gasteiger charge is -2.13. The number of aromatic carboxylic acids is 1. The highest BCUT2D eigenvalue weighted by atomic mass is 16.5. The van der Waals surface area contributed by atoms with E-state index in [0.29, 0.717) is 27.5 Å². The minimum atomic E-state index is -1.11. The summed E-state index contributed by atoms with van der Waals surface area (Å²) in [7, 11) is 0. The molecule has 0 aliphatic heterocycles. The van der Waals surface area contributed by atoms with Gasteiger partial charge in [-0.15, -0.1) is 0 Å². The smallest absolute Gasteiger partial charge is 0.335 e. The van der Waals surface area contributed by atoms with Gasteiger partial charge in [0, 0.05) is 18.7 Å². The van der Waals surface area contributed by atoms with Crippen LogP contribution in [0.2, 0.25) is 0 Å². The molecule has 8 heteroatoms. The number of amides is 1. The average molecular weight is 395 g/mol. The van der Waals surface area contributed by atoms with Crippen LogP contribution < -0.4 is 14.8 Å². The van der Waals surface area contributed by atoms with Gasteiger partial charge in [-0.3, -0.25) is 4.79 Å². The molecule has 3 aromatic rings. The van der Waals surface area contributed by atoms with Crippen LogP contribution in [0.5, 0.6) is 5.75 Å². The molecule has 1 amide bonds. The third-order valence-corrected chi connectivity index (χ3v) is 4.22. The Morgan fingerprint density at radius 3 is 2.48 bits per heavy atom. The summed E-state index contributed by atoms with van der Waals surface area (Å²) in [5, 5.41) is 24.5. The highest BCUT2D eigenvalue weighted by molar-refractivity contribution is 6.02. The van der Waals surface area contributed by atoms with E-state index in [9.17, 15) is 19.9 Å². The molecule has 0 aliphatic carbocycles. The Hall–Kier alpha value is -3.81. The highest BCUT2D eigenvalue weighted by Crippen LogP contribution is 2.27. The average Bonchev–Trinajstić information content (AvgIpc) is 2.96. The van der Waals surface area contributed by atoms with Crippen LogP contribution in [-0.2, 0) is 0 Å². The van der Waals surface area contributed by atoms with Crippen molar-refractivity contribution < 1.29 is 24.2 Å². The van der Waals surface area contributed by atoms with Crippen LogP contribution in [0.25, 0.3) is 5.69 Å². The number of hydrogen-bond acceptors (Lipinski definition) is 4. The van der Waals surface area contributed by atoms with E-state index in [1.165, 1.54) is 29.1 Å². The van der Waals surface area contributed by atoms with Crippen molar-refractivity contribution in [1.29, 1.82) is 0 Å². The van der Waals surface area contributed by atoms with E-state index in [-0.39, 0.29) is 17.4 Å². The number of ether oxygens (including phenoxy) is 1. The molecule has 1 aromatic heterocycles. The molecule has 0 saturated carbocycles. The van der Waals surface area contributed by atoms with E-state index in [1.807, 2.05) is 19.9 Å². The molecule has 150 valence electrons. The number of nitrogens with zero attached hydrogens (tertiary/aromatic N) is 2. The summed E-state index contributed by atoms with van der Waals surface area (Å²) in [6.07, 6.45) is 1.02. The van der Waals surface area contributed by atoms with Gasteiger partial charge in [-0.25, -0.2) is 9.52 Å². The summed E-state index contributed by atoms with van der Waals surface area (Å²) in [5.41, 5.74) is 1.22. The minimum Gasteiger partial charge on any atom is -0.710 e. The van der Waals surface area contributed by atoms with Gasteiger partial charge in [-0.05, 0) is 38.1 Å². The summed E-state index contributed by atoms with van der Waals surface area (Å²) in [6, 6.07) is 13.2. The van der Waals surface area contributed by atoms with Gasteiger partial charge in [0.2, 0.25) is 5.69 Å². The first kappa shape index (κ1) is 19.9. The Bertz CT molecular complexity index is 1060. The fourth-order valence-corrected chi connectivity index (χ4v) is 2.93. The van der Waals surface area contributed by atoms with Crippen molar-refractivity contribution >= 4 is 17.6 Å². The number of carboxylic acids is 1. The molecule has 8 nitrogen and oxygen atoms in total. The van der Waals surface area contributed by atoms with Gasteiger partial charge in [0.25, 0.3) is 12.2 Å². The standard InChI is InChI=1S/C21H21N3O5/c1-13(2)29-18-10-9-15(21(26)27)11-17(18)23-12-24(28)19(14(23)3)20(25)22-16-7-5-4-6-8-16/h4-13H,1-3H3,(H,22,25)(H,26,27). The third-order valence-electron chi connectivity index (χ3n) is 4.22. The number of nitrogens with one attached hydrogen (secondary N) is 1. The van der Waals surface area contributed by atoms with Gasteiger partial charge in [0.15, 0.2) is 17.1 Å². The Morgan fingerprint density at radius 2 is 1.86 bits per heavy atom. The van der Waals surface area contributed by atoms with Crippen molar-refractivity contribution in [3.05, 3.63) is 77.0 Å². The third kappa shape index (κ3) is 4.21. The predicted molar refractivity (Wildman–Crippen MR) is 107 cm³/mol. The molecular weight excluding hydrogens is 374 g/mol. The zero-order valence-corrected chi connectivity index (χ0v) is 16.2. The van der Waals surface area contributed by atoms with E-state index in [0.717, 1.165) is 0 Å². The number of imidazole rings is 1. The van der Waals surface area contributed by atoms with Gasteiger partial charge in [-0.2, -0.15) is 4.57 Å².